The van der Waals surface area contributed by atoms with Crippen molar-refractivity contribution in [2.75, 3.05) is 20.5 Å². The van der Waals surface area contributed by atoms with Crippen LogP contribution in [-0.4, -0.2) is 35.6 Å². The highest BCUT2D eigenvalue weighted by atomic mass is 32.2. The fourth-order valence-electron chi connectivity index (χ4n) is 1.88. The maximum atomic E-state index is 12.4. The van der Waals surface area contributed by atoms with E-state index in [4.69, 9.17) is 4.74 Å². The monoisotopic (exact) mass is 295 g/mol. The Morgan fingerprint density at radius 1 is 1.30 bits per heavy atom. The molecule has 0 aliphatic carbocycles. The van der Waals surface area contributed by atoms with Crippen LogP contribution in [0.1, 0.15) is 10.4 Å². The second-order valence-electron chi connectivity index (χ2n) is 4.02. The van der Waals surface area contributed by atoms with Gasteiger partial charge in [-0.1, -0.05) is 0 Å². The van der Waals surface area contributed by atoms with Crippen LogP contribution in [-0.2, 0) is 15.5 Å². The first kappa shape index (κ1) is 14.3. The van der Waals surface area contributed by atoms with Crippen molar-refractivity contribution < 1.29 is 18.5 Å². The molecule has 0 aliphatic rings. The molecular weight excluding hydrogens is 282 g/mol. The number of benzene rings is 1. The van der Waals surface area contributed by atoms with Crippen LogP contribution in [0, 0.1) is 0 Å². The van der Waals surface area contributed by atoms with Gasteiger partial charge < -0.3 is 14.5 Å². The largest absolute Gasteiger partial charge is 0.497 e. The number of fused-ring (bicyclic) bond motifs is 1. The number of hydrogen-bond donors (Lipinski definition) is 1. The molecule has 1 aromatic carbocycles. The van der Waals surface area contributed by atoms with Crippen LogP contribution in [0.3, 0.4) is 0 Å². The second kappa shape index (κ2) is 5.46. The summed E-state index contributed by atoms with van der Waals surface area (Å²) in [6, 6.07) is 4.76. The van der Waals surface area contributed by atoms with Gasteiger partial charge in [0.05, 0.1) is 30.5 Å². The van der Waals surface area contributed by atoms with Crippen molar-refractivity contribution >= 4 is 27.7 Å². The number of carbonyl (C=O) groups is 1. The number of pyridine rings is 1. The Bertz CT molecular complexity index is 765. The molecule has 0 spiro atoms. The third-order valence-electron chi connectivity index (χ3n) is 2.85. The highest BCUT2D eigenvalue weighted by Crippen LogP contribution is 2.20. The van der Waals surface area contributed by atoms with Gasteiger partial charge in [0.2, 0.25) is 5.43 Å². The zero-order valence-corrected chi connectivity index (χ0v) is 12.0. The minimum absolute atomic E-state index is 0.0441. The normalized spacial score (nSPS) is 12.2. The average molecular weight is 295 g/mol. The number of carbonyl (C=O) groups excluding carboxylic acids is 1. The van der Waals surface area contributed by atoms with Gasteiger partial charge in [-0.25, -0.2) is 4.79 Å². The van der Waals surface area contributed by atoms with Crippen LogP contribution in [0.25, 0.3) is 10.9 Å². The Labute approximate surface area is 117 Å². The van der Waals surface area contributed by atoms with Crippen LogP contribution in [0.2, 0.25) is 0 Å². The van der Waals surface area contributed by atoms with Gasteiger partial charge in [0.25, 0.3) is 0 Å². The Balaban J connectivity index is 2.89. The Morgan fingerprint density at radius 3 is 2.55 bits per heavy atom. The lowest BCUT2D eigenvalue weighted by molar-refractivity contribution is 0.0594. The van der Waals surface area contributed by atoms with Crippen molar-refractivity contribution in [1.29, 1.82) is 0 Å². The summed E-state index contributed by atoms with van der Waals surface area (Å²) in [5, 5.41) is 0.350. The molecule has 2 rings (SSSR count). The summed E-state index contributed by atoms with van der Waals surface area (Å²) < 4.78 is 21.4. The van der Waals surface area contributed by atoms with Crippen LogP contribution >= 0.6 is 0 Å². The first-order chi connectivity index (χ1) is 9.49. The molecule has 2 aromatic rings. The van der Waals surface area contributed by atoms with Gasteiger partial charge in [0.15, 0.2) is 0 Å². The number of nitrogens with one attached hydrogen (secondary N) is 1. The number of H-pyrrole nitrogens is 1. The molecule has 1 unspecified atom stereocenters. The van der Waals surface area contributed by atoms with E-state index in [-0.39, 0.29) is 10.6 Å². The molecule has 0 radical (unpaired) electrons. The van der Waals surface area contributed by atoms with Crippen molar-refractivity contribution in [3.05, 3.63) is 34.0 Å². The third-order valence-corrected chi connectivity index (χ3v) is 3.73. The predicted octanol–water partition coefficient (Wildman–Crippen LogP) is 1.06. The van der Waals surface area contributed by atoms with Crippen LogP contribution in [0.15, 0.2) is 28.0 Å². The summed E-state index contributed by atoms with van der Waals surface area (Å²) in [7, 11) is 1.14. The number of esters is 1. The van der Waals surface area contributed by atoms with E-state index < -0.39 is 22.2 Å². The van der Waals surface area contributed by atoms with E-state index in [1.807, 2.05) is 0 Å². The number of hydrogen-bond acceptors (Lipinski definition) is 5. The predicted molar refractivity (Wildman–Crippen MR) is 74.8 cm³/mol. The summed E-state index contributed by atoms with van der Waals surface area (Å²) in [6.07, 6.45) is 1.38. The van der Waals surface area contributed by atoms with Crippen molar-refractivity contribution in [3.63, 3.8) is 0 Å². The third kappa shape index (κ3) is 2.32. The maximum Gasteiger partial charge on any atom is 0.344 e. The van der Waals surface area contributed by atoms with E-state index in [9.17, 15) is 13.8 Å². The minimum Gasteiger partial charge on any atom is -0.497 e. The van der Waals surface area contributed by atoms with E-state index in [0.29, 0.717) is 16.7 Å². The molecule has 0 saturated carbocycles. The maximum absolute atomic E-state index is 12.4. The van der Waals surface area contributed by atoms with Gasteiger partial charge >= 0.3 is 5.97 Å². The topological polar surface area (TPSA) is 85.5 Å². The molecule has 0 amide bonds. The van der Waals surface area contributed by atoms with Crippen LogP contribution in [0.4, 0.5) is 0 Å². The van der Waals surface area contributed by atoms with Gasteiger partial charge in [-0.05, 0) is 12.1 Å². The molecule has 0 aliphatic heterocycles. The number of methoxy groups -OCH3 is 2. The summed E-state index contributed by atoms with van der Waals surface area (Å²) in [5.41, 5.74) is -0.295. The van der Waals surface area contributed by atoms with Gasteiger partial charge in [-0.15, -0.1) is 0 Å². The molecule has 7 heteroatoms. The highest BCUT2D eigenvalue weighted by Gasteiger charge is 2.21. The van der Waals surface area contributed by atoms with E-state index in [0.717, 1.165) is 0 Å². The van der Waals surface area contributed by atoms with E-state index in [1.54, 1.807) is 18.2 Å². The molecule has 1 N–H and O–H groups in total. The molecule has 1 aromatic heterocycles. The van der Waals surface area contributed by atoms with Crippen molar-refractivity contribution in [2.24, 2.45) is 0 Å². The summed E-state index contributed by atoms with van der Waals surface area (Å²) in [6.45, 7) is 0. The lowest BCUT2D eigenvalue weighted by Gasteiger charge is -2.08. The second-order valence-corrected chi connectivity index (χ2v) is 5.33. The summed E-state index contributed by atoms with van der Waals surface area (Å²) >= 11 is 0. The summed E-state index contributed by atoms with van der Waals surface area (Å²) in [4.78, 5) is 26.9. The zero-order valence-electron chi connectivity index (χ0n) is 11.2. The van der Waals surface area contributed by atoms with Crippen molar-refractivity contribution in [1.82, 2.24) is 4.98 Å². The van der Waals surface area contributed by atoms with Gasteiger partial charge in [0, 0.05) is 17.7 Å². The van der Waals surface area contributed by atoms with E-state index >= 15 is 0 Å². The van der Waals surface area contributed by atoms with Gasteiger partial charge in [0.1, 0.15) is 16.3 Å². The lowest BCUT2D eigenvalue weighted by Crippen LogP contribution is -2.21. The lowest BCUT2D eigenvalue weighted by atomic mass is 10.1. The molecule has 1 heterocycles. The molecule has 1 atom stereocenters. The zero-order chi connectivity index (χ0) is 14.9. The fourth-order valence-corrected chi connectivity index (χ4v) is 2.59. The molecule has 0 fully saturated rings. The first-order valence-corrected chi connectivity index (χ1v) is 7.21. The Kier molecular flexibility index (Phi) is 3.89. The van der Waals surface area contributed by atoms with Crippen molar-refractivity contribution in [2.45, 2.75) is 5.03 Å². The van der Waals surface area contributed by atoms with Crippen LogP contribution in [0.5, 0.6) is 5.75 Å². The smallest absolute Gasteiger partial charge is 0.344 e. The standard InChI is InChI=1S/C13H13NO5S/c1-18-7-4-5-8-9(6-7)14-12(20(3)17)10(11(8)15)13(16)19-2/h4-6H,1-3H3,(H,14,15). The molecule has 6 nitrogen and oxygen atoms in total. The molecule has 0 bridgehead atoms. The molecule has 20 heavy (non-hydrogen) atoms. The number of ether oxygens (including phenoxy) is 2. The molecular formula is C13H13NO5S. The van der Waals surface area contributed by atoms with Gasteiger partial charge in [-0.2, -0.15) is 0 Å². The van der Waals surface area contributed by atoms with Gasteiger partial charge in [-0.3, -0.25) is 9.00 Å². The molecule has 106 valence electrons. The molecule has 0 saturated heterocycles. The Hall–Kier alpha value is -2.15. The fraction of sp³-hybridized carbons (Fsp3) is 0.231. The summed E-state index contributed by atoms with van der Waals surface area (Å²) in [5.74, 6) is -0.263. The quantitative estimate of drug-likeness (QED) is 0.856. The first-order valence-electron chi connectivity index (χ1n) is 5.65. The Morgan fingerprint density at radius 2 is 2.00 bits per heavy atom. The van der Waals surface area contributed by atoms with E-state index in [2.05, 4.69) is 9.72 Å². The number of rotatable bonds is 3. The average Bonchev–Trinajstić information content (AvgIpc) is 2.45. The minimum atomic E-state index is -1.53. The van der Waals surface area contributed by atoms with Crippen molar-refractivity contribution in [3.8, 4) is 5.75 Å². The highest BCUT2D eigenvalue weighted by molar-refractivity contribution is 7.84. The number of aromatic nitrogens is 1. The van der Waals surface area contributed by atoms with E-state index in [1.165, 1.54) is 20.5 Å². The number of aromatic amines is 1. The SMILES string of the molecule is COC(=O)c1c(S(C)=O)[nH]c2cc(OC)ccc2c1=O. The van der Waals surface area contributed by atoms with Crippen LogP contribution < -0.4 is 10.2 Å².